The number of hydrogen-bond donors (Lipinski definition) is 1. The first-order valence-corrected chi connectivity index (χ1v) is 9.95. The maximum atomic E-state index is 13.0. The highest BCUT2D eigenvalue weighted by atomic mass is 32.1. The molecule has 0 saturated heterocycles. The van der Waals surface area contributed by atoms with Crippen molar-refractivity contribution in [2.24, 2.45) is 5.41 Å². The molecule has 1 amide bonds. The van der Waals surface area contributed by atoms with Gasteiger partial charge in [-0.3, -0.25) is 14.2 Å². The summed E-state index contributed by atoms with van der Waals surface area (Å²) in [7, 11) is 1.66. The number of methoxy groups -OCH3 is 1. The van der Waals surface area contributed by atoms with Gasteiger partial charge in [0.05, 0.1) is 16.9 Å². The lowest BCUT2D eigenvalue weighted by Gasteiger charge is -2.23. The molecule has 0 spiro atoms. The smallest absolute Gasteiger partial charge is 0.262 e. The van der Waals surface area contributed by atoms with E-state index in [1.165, 1.54) is 11.3 Å². The van der Waals surface area contributed by atoms with Crippen LogP contribution in [0.5, 0.6) is 0 Å². The summed E-state index contributed by atoms with van der Waals surface area (Å²) in [5.41, 5.74) is 0.591. The lowest BCUT2D eigenvalue weighted by molar-refractivity contribution is 0.0849. The molecule has 7 heteroatoms. The van der Waals surface area contributed by atoms with Gasteiger partial charge in [-0.2, -0.15) is 0 Å². The van der Waals surface area contributed by atoms with Crippen molar-refractivity contribution in [1.29, 1.82) is 0 Å². The number of rotatable bonds is 5. The second kappa shape index (κ2) is 7.48. The minimum atomic E-state index is -0.149. The fraction of sp³-hybridized carbons (Fsp3) is 0.632. The molecule has 0 fully saturated rings. The maximum absolute atomic E-state index is 13.0. The van der Waals surface area contributed by atoms with Crippen LogP contribution in [0, 0.1) is 12.3 Å². The molecule has 3 rings (SSSR count). The summed E-state index contributed by atoms with van der Waals surface area (Å²) in [6, 6.07) is 0. The normalized spacial score (nSPS) is 14.9. The number of fused-ring (bicyclic) bond motifs is 2. The molecule has 2 aromatic heterocycles. The van der Waals surface area contributed by atoms with Crippen LogP contribution >= 0.6 is 11.3 Å². The van der Waals surface area contributed by atoms with Gasteiger partial charge in [0.15, 0.2) is 0 Å². The van der Waals surface area contributed by atoms with E-state index in [-0.39, 0.29) is 16.9 Å². The van der Waals surface area contributed by atoms with Gasteiger partial charge in [0.1, 0.15) is 10.7 Å². The summed E-state index contributed by atoms with van der Waals surface area (Å²) in [6.45, 7) is 7.73. The third kappa shape index (κ3) is 3.69. The lowest BCUT2D eigenvalue weighted by atomic mass is 9.95. The standard InChI is InChI=1S/C19H27N3O3S/c1-12-14-17(21-13-8-6-5-7-9-22(13)18(14)24)26-15(12)16(23)20-10-19(2,3)11-25-4/h5-11H2,1-4H3,(H,20,23). The molecular formula is C19H27N3O3S. The Morgan fingerprint density at radius 3 is 2.85 bits per heavy atom. The average molecular weight is 378 g/mol. The molecule has 26 heavy (non-hydrogen) atoms. The molecule has 6 nitrogen and oxygen atoms in total. The van der Waals surface area contributed by atoms with Gasteiger partial charge in [0.25, 0.3) is 11.5 Å². The Bertz CT molecular complexity index is 882. The molecular weight excluding hydrogens is 350 g/mol. The number of nitrogens with one attached hydrogen (secondary N) is 1. The minimum absolute atomic E-state index is 0.000544. The first-order valence-electron chi connectivity index (χ1n) is 9.14. The lowest BCUT2D eigenvalue weighted by Crippen LogP contribution is -2.36. The quantitative estimate of drug-likeness (QED) is 0.869. The third-order valence-corrected chi connectivity index (χ3v) is 6.06. The predicted molar refractivity (Wildman–Crippen MR) is 104 cm³/mol. The van der Waals surface area contributed by atoms with Crippen LogP contribution < -0.4 is 10.9 Å². The van der Waals surface area contributed by atoms with Crippen molar-refractivity contribution in [2.75, 3.05) is 20.3 Å². The highest BCUT2D eigenvalue weighted by Gasteiger charge is 2.24. The van der Waals surface area contributed by atoms with Crippen molar-refractivity contribution < 1.29 is 9.53 Å². The predicted octanol–water partition coefficient (Wildman–Crippen LogP) is 2.90. The second-order valence-electron chi connectivity index (χ2n) is 7.81. The second-order valence-corrected chi connectivity index (χ2v) is 8.81. The summed E-state index contributed by atoms with van der Waals surface area (Å²) >= 11 is 1.32. The van der Waals surface area contributed by atoms with E-state index in [9.17, 15) is 9.59 Å². The minimum Gasteiger partial charge on any atom is -0.384 e. The first kappa shape index (κ1) is 19.0. The molecule has 142 valence electrons. The number of carbonyl (C=O) groups is 1. The highest BCUT2D eigenvalue weighted by molar-refractivity contribution is 7.20. The van der Waals surface area contributed by atoms with E-state index in [2.05, 4.69) is 5.32 Å². The first-order chi connectivity index (χ1) is 12.3. The monoisotopic (exact) mass is 377 g/mol. The molecule has 0 bridgehead atoms. The van der Waals surface area contributed by atoms with Crippen molar-refractivity contribution in [3.8, 4) is 0 Å². The van der Waals surface area contributed by atoms with Gasteiger partial charge in [-0.1, -0.05) is 20.3 Å². The van der Waals surface area contributed by atoms with E-state index in [4.69, 9.17) is 9.72 Å². The number of aryl methyl sites for hydroxylation is 2. The Hall–Kier alpha value is -1.73. The van der Waals surface area contributed by atoms with Gasteiger partial charge in [-0.25, -0.2) is 4.98 Å². The molecule has 0 saturated carbocycles. The zero-order valence-corrected chi connectivity index (χ0v) is 16.8. The van der Waals surface area contributed by atoms with Crippen LogP contribution in [0.1, 0.15) is 54.2 Å². The van der Waals surface area contributed by atoms with Crippen LogP contribution in [-0.2, 0) is 17.7 Å². The summed E-state index contributed by atoms with van der Waals surface area (Å²) in [5.74, 6) is 0.712. The maximum Gasteiger partial charge on any atom is 0.262 e. The van der Waals surface area contributed by atoms with E-state index in [0.29, 0.717) is 28.2 Å². The number of carbonyl (C=O) groups excluding carboxylic acids is 1. The summed E-state index contributed by atoms with van der Waals surface area (Å²) in [6.07, 6.45) is 4.02. The number of thiophene rings is 1. The van der Waals surface area contributed by atoms with E-state index >= 15 is 0 Å². The zero-order chi connectivity index (χ0) is 18.9. The molecule has 0 atom stereocenters. The van der Waals surface area contributed by atoms with Gasteiger partial charge in [0.2, 0.25) is 0 Å². The highest BCUT2D eigenvalue weighted by Crippen LogP contribution is 2.28. The van der Waals surface area contributed by atoms with Crippen molar-refractivity contribution in [2.45, 2.75) is 53.0 Å². The Kier molecular flexibility index (Phi) is 5.48. The average Bonchev–Trinajstić information content (AvgIpc) is 2.76. The van der Waals surface area contributed by atoms with Gasteiger partial charge >= 0.3 is 0 Å². The SMILES string of the molecule is COCC(C)(C)CNC(=O)c1sc2nc3n(c(=O)c2c1C)CCCCC3. The Morgan fingerprint density at radius 2 is 2.12 bits per heavy atom. The van der Waals surface area contributed by atoms with E-state index in [1.54, 1.807) is 11.7 Å². The van der Waals surface area contributed by atoms with Crippen molar-refractivity contribution >= 4 is 27.5 Å². The Morgan fingerprint density at radius 1 is 1.35 bits per heavy atom. The number of aromatic nitrogens is 2. The molecule has 1 aliphatic rings. The molecule has 0 aromatic carbocycles. The Balaban J connectivity index is 1.93. The third-order valence-electron chi connectivity index (χ3n) is 4.88. The molecule has 3 heterocycles. The summed E-state index contributed by atoms with van der Waals surface area (Å²) < 4.78 is 7.00. The summed E-state index contributed by atoms with van der Waals surface area (Å²) in [5, 5.41) is 3.58. The van der Waals surface area contributed by atoms with Crippen LogP contribution in [0.2, 0.25) is 0 Å². The van der Waals surface area contributed by atoms with E-state index in [1.807, 2.05) is 20.8 Å². The topological polar surface area (TPSA) is 73.2 Å². The van der Waals surface area contributed by atoms with Crippen molar-refractivity contribution in [1.82, 2.24) is 14.9 Å². The molecule has 0 unspecified atom stereocenters. The van der Waals surface area contributed by atoms with E-state index < -0.39 is 0 Å². The molecule has 2 aromatic rings. The van der Waals surface area contributed by atoms with Crippen LogP contribution in [0.4, 0.5) is 0 Å². The zero-order valence-electron chi connectivity index (χ0n) is 16.0. The van der Waals surface area contributed by atoms with Gasteiger partial charge in [-0.05, 0) is 25.3 Å². The fourth-order valence-corrected chi connectivity index (χ4v) is 4.57. The number of nitrogens with zero attached hydrogens (tertiary/aromatic N) is 2. The number of hydrogen-bond acceptors (Lipinski definition) is 5. The van der Waals surface area contributed by atoms with Gasteiger partial charge < -0.3 is 10.1 Å². The Labute approximate surface area is 157 Å². The number of ether oxygens (including phenoxy) is 1. The van der Waals surface area contributed by atoms with Crippen LogP contribution in [0.3, 0.4) is 0 Å². The van der Waals surface area contributed by atoms with Crippen LogP contribution in [0.15, 0.2) is 4.79 Å². The molecule has 1 aliphatic heterocycles. The fourth-order valence-electron chi connectivity index (χ4n) is 3.47. The van der Waals surface area contributed by atoms with Gasteiger partial charge in [0, 0.05) is 32.0 Å². The molecule has 0 aliphatic carbocycles. The van der Waals surface area contributed by atoms with Crippen molar-refractivity contribution in [3.63, 3.8) is 0 Å². The number of amides is 1. The van der Waals surface area contributed by atoms with Crippen LogP contribution in [0.25, 0.3) is 10.2 Å². The van der Waals surface area contributed by atoms with Crippen LogP contribution in [-0.4, -0.2) is 35.7 Å². The van der Waals surface area contributed by atoms with Gasteiger partial charge in [-0.15, -0.1) is 11.3 Å². The summed E-state index contributed by atoms with van der Waals surface area (Å²) in [4.78, 5) is 31.6. The van der Waals surface area contributed by atoms with Crippen molar-refractivity contribution in [3.05, 3.63) is 26.6 Å². The van der Waals surface area contributed by atoms with E-state index in [0.717, 1.165) is 43.6 Å². The largest absolute Gasteiger partial charge is 0.384 e. The molecule has 0 radical (unpaired) electrons. The molecule has 1 N–H and O–H groups in total.